The van der Waals surface area contributed by atoms with Crippen LogP contribution in [0.4, 0.5) is 0 Å². The van der Waals surface area contributed by atoms with Gasteiger partial charge in [0.15, 0.2) is 5.79 Å². The summed E-state index contributed by atoms with van der Waals surface area (Å²) in [4.78, 5) is 24.2. The molecule has 1 fully saturated rings. The van der Waals surface area contributed by atoms with Crippen molar-refractivity contribution in [1.29, 1.82) is 0 Å². The second-order valence-electron chi connectivity index (χ2n) is 7.63. The lowest BCUT2D eigenvalue weighted by Gasteiger charge is -2.25. The molecular weight excluding hydrogens is 404 g/mol. The predicted molar refractivity (Wildman–Crippen MR) is 109 cm³/mol. The van der Waals surface area contributed by atoms with E-state index in [0.717, 1.165) is 0 Å². The molecule has 1 aliphatic heterocycles. The molecule has 0 aliphatic carbocycles. The molecular formula is C23H26O8. The number of carbonyl (C=O) groups is 2. The lowest BCUT2D eigenvalue weighted by atomic mass is 10.0. The van der Waals surface area contributed by atoms with Crippen LogP contribution in [0.5, 0.6) is 0 Å². The summed E-state index contributed by atoms with van der Waals surface area (Å²) in [5.74, 6) is -2.28. The van der Waals surface area contributed by atoms with Gasteiger partial charge in [0, 0.05) is 0 Å². The maximum atomic E-state index is 12.1. The SMILES string of the molecule is CC1(C)OC(C(O)COC(=O)c2ccccc2)C(C(O)COC(=O)c2ccccc2)O1. The quantitative estimate of drug-likeness (QED) is 0.612. The molecule has 8 nitrogen and oxygen atoms in total. The third kappa shape index (κ3) is 6.11. The van der Waals surface area contributed by atoms with Gasteiger partial charge in [-0.3, -0.25) is 0 Å². The zero-order valence-corrected chi connectivity index (χ0v) is 17.3. The Balaban J connectivity index is 1.57. The number of ether oxygens (including phenoxy) is 4. The van der Waals surface area contributed by atoms with Crippen LogP contribution in [0.1, 0.15) is 34.6 Å². The summed E-state index contributed by atoms with van der Waals surface area (Å²) in [5.41, 5.74) is 0.700. The third-order valence-electron chi connectivity index (χ3n) is 4.71. The van der Waals surface area contributed by atoms with Gasteiger partial charge < -0.3 is 29.2 Å². The van der Waals surface area contributed by atoms with Crippen molar-refractivity contribution in [3.05, 3.63) is 71.8 Å². The van der Waals surface area contributed by atoms with Crippen molar-refractivity contribution in [2.24, 2.45) is 0 Å². The first-order valence-corrected chi connectivity index (χ1v) is 9.93. The van der Waals surface area contributed by atoms with E-state index in [2.05, 4.69) is 0 Å². The van der Waals surface area contributed by atoms with E-state index in [1.807, 2.05) is 0 Å². The highest BCUT2D eigenvalue weighted by Gasteiger charge is 2.48. The van der Waals surface area contributed by atoms with E-state index >= 15 is 0 Å². The summed E-state index contributed by atoms with van der Waals surface area (Å²) in [5, 5.41) is 21.1. The van der Waals surface area contributed by atoms with Crippen LogP contribution in [0.25, 0.3) is 0 Å². The molecule has 0 bridgehead atoms. The van der Waals surface area contributed by atoms with Gasteiger partial charge >= 0.3 is 11.9 Å². The van der Waals surface area contributed by atoms with Crippen molar-refractivity contribution in [2.45, 2.75) is 44.1 Å². The van der Waals surface area contributed by atoms with Gasteiger partial charge in [-0.1, -0.05) is 36.4 Å². The number of rotatable bonds is 8. The zero-order chi connectivity index (χ0) is 22.4. The molecule has 0 aromatic heterocycles. The third-order valence-corrected chi connectivity index (χ3v) is 4.71. The summed E-state index contributed by atoms with van der Waals surface area (Å²) < 4.78 is 21.7. The van der Waals surface area contributed by atoms with Gasteiger partial charge in [-0.05, 0) is 38.1 Å². The number of aliphatic hydroxyl groups is 2. The summed E-state index contributed by atoms with van der Waals surface area (Å²) in [7, 11) is 0. The lowest BCUT2D eigenvalue weighted by Crippen LogP contribution is -2.46. The number of carbonyl (C=O) groups excluding carboxylic acids is 2. The Bertz CT molecular complexity index is 796. The highest BCUT2D eigenvalue weighted by Crippen LogP contribution is 2.32. The summed E-state index contributed by atoms with van der Waals surface area (Å²) in [6.07, 6.45) is -4.52. The second kappa shape index (κ2) is 10.0. The van der Waals surface area contributed by atoms with E-state index in [9.17, 15) is 19.8 Å². The molecule has 0 radical (unpaired) electrons. The molecule has 2 aromatic carbocycles. The molecule has 4 unspecified atom stereocenters. The van der Waals surface area contributed by atoms with Crippen LogP contribution in [0.3, 0.4) is 0 Å². The Labute approximate surface area is 180 Å². The van der Waals surface area contributed by atoms with E-state index in [-0.39, 0.29) is 13.2 Å². The lowest BCUT2D eigenvalue weighted by molar-refractivity contribution is -0.163. The number of hydrogen-bond acceptors (Lipinski definition) is 8. The predicted octanol–water partition coefficient (Wildman–Crippen LogP) is 1.94. The molecule has 2 N–H and O–H groups in total. The molecule has 1 heterocycles. The van der Waals surface area contributed by atoms with Crippen molar-refractivity contribution in [1.82, 2.24) is 0 Å². The molecule has 0 saturated carbocycles. The monoisotopic (exact) mass is 430 g/mol. The van der Waals surface area contributed by atoms with Crippen LogP contribution >= 0.6 is 0 Å². The van der Waals surface area contributed by atoms with Crippen LogP contribution < -0.4 is 0 Å². The highest BCUT2D eigenvalue weighted by atomic mass is 16.8. The average Bonchev–Trinajstić information content (AvgIpc) is 3.12. The summed E-state index contributed by atoms with van der Waals surface area (Å²) >= 11 is 0. The Morgan fingerprint density at radius 2 is 1.16 bits per heavy atom. The molecule has 0 amide bonds. The van der Waals surface area contributed by atoms with Crippen molar-refractivity contribution >= 4 is 11.9 Å². The van der Waals surface area contributed by atoms with E-state index in [4.69, 9.17) is 18.9 Å². The summed E-state index contributed by atoms with van der Waals surface area (Å²) in [6, 6.07) is 16.7. The molecule has 2 aromatic rings. The van der Waals surface area contributed by atoms with Gasteiger partial charge in [0.25, 0.3) is 0 Å². The standard InChI is InChI=1S/C23H26O8/c1-23(2)30-19(17(24)13-28-21(26)15-9-5-3-6-10-15)20(31-23)18(25)14-29-22(27)16-11-7-4-8-12-16/h3-12,17-20,24-25H,13-14H2,1-2H3. The number of esters is 2. The number of hydrogen-bond donors (Lipinski definition) is 2. The Morgan fingerprint density at radius 1 is 0.806 bits per heavy atom. The minimum absolute atomic E-state index is 0.350. The minimum atomic E-state index is -1.26. The molecule has 1 aliphatic rings. The fourth-order valence-corrected chi connectivity index (χ4v) is 3.24. The molecule has 4 atom stereocenters. The van der Waals surface area contributed by atoms with Crippen LogP contribution in [0.2, 0.25) is 0 Å². The minimum Gasteiger partial charge on any atom is -0.459 e. The van der Waals surface area contributed by atoms with Crippen LogP contribution in [0.15, 0.2) is 60.7 Å². The fourth-order valence-electron chi connectivity index (χ4n) is 3.24. The van der Waals surface area contributed by atoms with E-state index in [1.54, 1.807) is 74.5 Å². The topological polar surface area (TPSA) is 112 Å². The maximum Gasteiger partial charge on any atom is 0.338 e. The van der Waals surface area contributed by atoms with Gasteiger partial charge in [0.1, 0.15) is 37.6 Å². The van der Waals surface area contributed by atoms with E-state index in [1.165, 1.54) is 0 Å². The van der Waals surface area contributed by atoms with Crippen LogP contribution in [0, 0.1) is 0 Å². The molecule has 3 rings (SSSR count). The largest absolute Gasteiger partial charge is 0.459 e. The van der Waals surface area contributed by atoms with Crippen LogP contribution in [-0.4, -0.2) is 65.6 Å². The Hall–Kier alpha value is -2.78. The van der Waals surface area contributed by atoms with Crippen LogP contribution in [-0.2, 0) is 18.9 Å². The van der Waals surface area contributed by atoms with Gasteiger partial charge in [-0.25, -0.2) is 9.59 Å². The van der Waals surface area contributed by atoms with E-state index in [0.29, 0.717) is 11.1 Å². The first-order chi connectivity index (χ1) is 14.8. The zero-order valence-electron chi connectivity index (χ0n) is 17.3. The number of benzene rings is 2. The smallest absolute Gasteiger partial charge is 0.338 e. The Kier molecular flexibility index (Phi) is 7.40. The molecule has 31 heavy (non-hydrogen) atoms. The van der Waals surface area contributed by atoms with Gasteiger partial charge in [-0.15, -0.1) is 0 Å². The normalized spacial score (nSPS) is 21.8. The maximum absolute atomic E-state index is 12.1. The van der Waals surface area contributed by atoms with Gasteiger partial charge in [-0.2, -0.15) is 0 Å². The summed E-state index contributed by atoms with van der Waals surface area (Å²) in [6.45, 7) is 2.55. The average molecular weight is 430 g/mol. The second-order valence-corrected chi connectivity index (χ2v) is 7.63. The van der Waals surface area contributed by atoms with Gasteiger partial charge in [0.05, 0.1) is 11.1 Å². The van der Waals surface area contributed by atoms with Crippen molar-refractivity contribution in [2.75, 3.05) is 13.2 Å². The first-order valence-electron chi connectivity index (χ1n) is 9.93. The van der Waals surface area contributed by atoms with Crippen molar-refractivity contribution < 1.29 is 38.7 Å². The highest BCUT2D eigenvalue weighted by molar-refractivity contribution is 5.89. The number of aliphatic hydroxyl groups excluding tert-OH is 2. The van der Waals surface area contributed by atoms with Gasteiger partial charge in [0.2, 0.25) is 0 Å². The fraction of sp³-hybridized carbons (Fsp3) is 0.391. The molecule has 8 heteroatoms. The Morgan fingerprint density at radius 3 is 1.52 bits per heavy atom. The van der Waals surface area contributed by atoms with Crippen molar-refractivity contribution in [3.63, 3.8) is 0 Å². The first kappa shape index (κ1) is 22.9. The van der Waals surface area contributed by atoms with E-state index < -0.39 is 42.1 Å². The van der Waals surface area contributed by atoms with Crippen molar-refractivity contribution in [3.8, 4) is 0 Å². The molecule has 1 saturated heterocycles. The molecule has 166 valence electrons. The molecule has 0 spiro atoms.